The molecule has 1 amide bonds. The summed E-state index contributed by atoms with van der Waals surface area (Å²) >= 11 is 0. The maximum absolute atomic E-state index is 12.8. The second kappa shape index (κ2) is 8.00. The minimum Gasteiger partial charge on any atom is -0.325 e. The van der Waals surface area contributed by atoms with Crippen LogP contribution < -0.4 is 5.32 Å². The zero-order chi connectivity index (χ0) is 20.5. The van der Waals surface area contributed by atoms with Crippen molar-refractivity contribution >= 4 is 21.4 Å². The van der Waals surface area contributed by atoms with Crippen LogP contribution in [0.1, 0.15) is 18.9 Å². The van der Waals surface area contributed by atoms with Crippen LogP contribution in [0.2, 0.25) is 0 Å². The van der Waals surface area contributed by atoms with E-state index < -0.39 is 27.6 Å². The molecule has 3 rings (SSSR count). The lowest BCUT2D eigenvalue weighted by Crippen LogP contribution is -2.55. The Labute approximate surface area is 162 Å². The highest BCUT2D eigenvalue weighted by Crippen LogP contribution is 2.30. The summed E-state index contributed by atoms with van der Waals surface area (Å²) in [7, 11) is -2.94. The second-order valence-corrected chi connectivity index (χ2v) is 9.60. The maximum atomic E-state index is 12.8. The lowest BCUT2D eigenvalue weighted by Gasteiger charge is -2.39. The SMILES string of the molecule is C[C@@H](C(=O)Nc1cccc(C(F)(F)F)c1)N1CCN([C@@H]2CCS(=O)(=O)C2)CC1. The average Bonchev–Trinajstić information content (AvgIpc) is 3.00. The van der Waals surface area contributed by atoms with Crippen LogP contribution in [-0.4, -0.2) is 73.9 Å². The molecule has 1 N–H and O–H groups in total. The van der Waals surface area contributed by atoms with Crippen LogP contribution in [0.3, 0.4) is 0 Å². The van der Waals surface area contributed by atoms with E-state index in [-0.39, 0.29) is 29.1 Å². The number of hydrogen-bond donors (Lipinski definition) is 1. The smallest absolute Gasteiger partial charge is 0.325 e. The van der Waals surface area contributed by atoms with Crippen LogP contribution >= 0.6 is 0 Å². The summed E-state index contributed by atoms with van der Waals surface area (Å²) in [5, 5.41) is 2.56. The summed E-state index contributed by atoms with van der Waals surface area (Å²) in [5.41, 5.74) is -0.695. The number of nitrogens with zero attached hydrogens (tertiary/aromatic N) is 2. The predicted molar refractivity (Wildman–Crippen MR) is 99.7 cm³/mol. The van der Waals surface area contributed by atoms with Crippen LogP contribution in [0.25, 0.3) is 0 Å². The molecule has 28 heavy (non-hydrogen) atoms. The zero-order valence-corrected chi connectivity index (χ0v) is 16.4. The molecule has 2 heterocycles. The Morgan fingerprint density at radius 3 is 2.46 bits per heavy atom. The van der Waals surface area contributed by atoms with Crippen molar-refractivity contribution < 1.29 is 26.4 Å². The highest BCUT2D eigenvalue weighted by molar-refractivity contribution is 7.91. The lowest BCUT2D eigenvalue weighted by molar-refractivity contribution is -0.137. The maximum Gasteiger partial charge on any atom is 0.416 e. The van der Waals surface area contributed by atoms with Crippen molar-refractivity contribution in [3.8, 4) is 0 Å². The zero-order valence-electron chi connectivity index (χ0n) is 15.6. The molecule has 0 spiro atoms. The van der Waals surface area contributed by atoms with Gasteiger partial charge in [0.25, 0.3) is 0 Å². The van der Waals surface area contributed by atoms with Gasteiger partial charge in [-0.2, -0.15) is 13.2 Å². The third-order valence-electron chi connectivity index (χ3n) is 5.46. The molecule has 0 radical (unpaired) electrons. The first kappa shape index (κ1) is 21.1. The molecule has 10 heteroatoms. The Bertz CT molecular complexity index is 821. The number of nitrogens with one attached hydrogen (secondary N) is 1. The van der Waals surface area contributed by atoms with Gasteiger partial charge in [-0.05, 0) is 31.5 Å². The Morgan fingerprint density at radius 2 is 1.89 bits per heavy atom. The van der Waals surface area contributed by atoms with E-state index in [1.54, 1.807) is 6.92 Å². The van der Waals surface area contributed by atoms with Crippen LogP contribution in [0, 0.1) is 0 Å². The quantitative estimate of drug-likeness (QED) is 0.807. The summed E-state index contributed by atoms with van der Waals surface area (Å²) in [6, 6.07) is 4.12. The average molecular weight is 419 g/mol. The van der Waals surface area contributed by atoms with E-state index in [0.717, 1.165) is 12.1 Å². The normalized spacial score (nSPS) is 24.8. The van der Waals surface area contributed by atoms with E-state index in [0.29, 0.717) is 32.6 Å². The monoisotopic (exact) mass is 419 g/mol. The molecule has 1 aromatic carbocycles. The van der Waals surface area contributed by atoms with Crippen LogP contribution in [0.5, 0.6) is 0 Å². The molecule has 0 bridgehead atoms. The lowest BCUT2D eigenvalue weighted by atomic mass is 10.1. The van der Waals surface area contributed by atoms with Crippen molar-refractivity contribution in [3.05, 3.63) is 29.8 Å². The molecule has 0 aromatic heterocycles. The molecule has 0 unspecified atom stereocenters. The van der Waals surface area contributed by atoms with Gasteiger partial charge in [0.15, 0.2) is 9.84 Å². The van der Waals surface area contributed by atoms with Gasteiger partial charge in [-0.15, -0.1) is 0 Å². The molecule has 1 aromatic rings. The number of sulfone groups is 1. The van der Waals surface area contributed by atoms with Crippen LogP contribution in [-0.2, 0) is 20.8 Å². The van der Waals surface area contributed by atoms with Crippen molar-refractivity contribution in [3.63, 3.8) is 0 Å². The number of piperazine rings is 1. The number of amides is 1. The van der Waals surface area contributed by atoms with Crippen molar-refractivity contribution in [2.45, 2.75) is 31.6 Å². The molecule has 2 aliphatic rings. The standard InChI is InChI=1S/C18H24F3N3O3S/c1-13(17(25)22-15-4-2-3-14(11-15)18(19,20)21)23-6-8-24(9-7-23)16-5-10-28(26,27)12-16/h2-4,11,13,16H,5-10,12H2,1H3,(H,22,25)/t13-,16+/m0/s1. The van der Waals surface area contributed by atoms with E-state index in [4.69, 9.17) is 0 Å². The molecule has 156 valence electrons. The number of rotatable bonds is 4. The Hall–Kier alpha value is -1.65. The first-order valence-electron chi connectivity index (χ1n) is 9.22. The van der Waals surface area contributed by atoms with Gasteiger partial charge in [0.05, 0.1) is 23.1 Å². The highest BCUT2D eigenvalue weighted by atomic mass is 32.2. The molecule has 2 fully saturated rings. The fourth-order valence-electron chi connectivity index (χ4n) is 3.74. The van der Waals surface area contributed by atoms with E-state index in [1.807, 2.05) is 4.90 Å². The minimum absolute atomic E-state index is 0.0430. The minimum atomic E-state index is -4.46. The van der Waals surface area contributed by atoms with Crippen molar-refractivity contribution in [2.24, 2.45) is 0 Å². The Morgan fingerprint density at radius 1 is 1.21 bits per heavy atom. The predicted octanol–water partition coefficient (Wildman–Crippen LogP) is 1.84. The van der Waals surface area contributed by atoms with E-state index in [9.17, 15) is 26.4 Å². The van der Waals surface area contributed by atoms with Gasteiger partial charge in [0.2, 0.25) is 5.91 Å². The number of carbonyl (C=O) groups excluding carboxylic acids is 1. The second-order valence-electron chi connectivity index (χ2n) is 7.37. The number of alkyl halides is 3. The Kier molecular flexibility index (Phi) is 6.02. The molecular weight excluding hydrogens is 395 g/mol. The highest BCUT2D eigenvalue weighted by Gasteiger charge is 2.35. The van der Waals surface area contributed by atoms with Gasteiger partial charge in [-0.1, -0.05) is 6.07 Å². The fraction of sp³-hybridized carbons (Fsp3) is 0.611. The molecule has 0 aliphatic carbocycles. The summed E-state index contributed by atoms with van der Waals surface area (Å²) in [5.74, 6) is 0.0583. The molecule has 2 saturated heterocycles. The number of benzene rings is 1. The third-order valence-corrected chi connectivity index (χ3v) is 7.21. The molecule has 6 nitrogen and oxygen atoms in total. The van der Waals surface area contributed by atoms with E-state index in [1.165, 1.54) is 12.1 Å². The first-order valence-corrected chi connectivity index (χ1v) is 11.0. The first-order chi connectivity index (χ1) is 13.0. The number of carbonyl (C=O) groups is 1. The summed E-state index contributed by atoms with van der Waals surface area (Å²) in [4.78, 5) is 16.6. The Balaban J connectivity index is 1.54. The van der Waals surface area contributed by atoms with Gasteiger partial charge < -0.3 is 5.32 Å². The summed E-state index contributed by atoms with van der Waals surface area (Å²) in [6.45, 7) is 4.27. The summed E-state index contributed by atoms with van der Waals surface area (Å²) in [6.07, 6.45) is -3.82. The van der Waals surface area contributed by atoms with Gasteiger partial charge in [-0.25, -0.2) is 8.42 Å². The fourth-order valence-corrected chi connectivity index (χ4v) is 5.50. The van der Waals surface area contributed by atoms with Crippen LogP contribution in [0.4, 0.5) is 18.9 Å². The van der Waals surface area contributed by atoms with Crippen molar-refractivity contribution in [1.29, 1.82) is 0 Å². The molecule has 2 aliphatic heterocycles. The number of anilines is 1. The van der Waals surface area contributed by atoms with Gasteiger partial charge in [0.1, 0.15) is 0 Å². The summed E-state index contributed by atoms with van der Waals surface area (Å²) < 4.78 is 61.7. The molecule has 2 atom stereocenters. The third kappa shape index (κ3) is 5.03. The molecule has 0 saturated carbocycles. The largest absolute Gasteiger partial charge is 0.416 e. The van der Waals surface area contributed by atoms with Gasteiger partial charge >= 0.3 is 6.18 Å². The number of halogens is 3. The topological polar surface area (TPSA) is 69.7 Å². The van der Waals surface area contributed by atoms with E-state index >= 15 is 0 Å². The van der Waals surface area contributed by atoms with Crippen LogP contribution in [0.15, 0.2) is 24.3 Å². The van der Waals surface area contributed by atoms with Crippen molar-refractivity contribution in [2.75, 3.05) is 43.0 Å². The van der Waals surface area contributed by atoms with Crippen molar-refractivity contribution in [1.82, 2.24) is 9.80 Å². The van der Waals surface area contributed by atoms with Gasteiger partial charge in [0, 0.05) is 37.9 Å². The van der Waals surface area contributed by atoms with Gasteiger partial charge in [-0.3, -0.25) is 14.6 Å². The number of hydrogen-bond acceptors (Lipinski definition) is 5. The van der Waals surface area contributed by atoms with E-state index in [2.05, 4.69) is 10.2 Å². The molecular formula is C18H24F3N3O3S.